The molecule has 3 rings (SSSR count). The van der Waals surface area contributed by atoms with Crippen molar-refractivity contribution in [2.75, 3.05) is 19.6 Å². The summed E-state index contributed by atoms with van der Waals surface area (Å²) in [6.07, 6.45) is 0. The van der Waals surface area contributed by atoms with Gasteiger partial charge < -0.3 is 21.3 Å². The van der Waals surface area contributed by atoms with Crippen LogP contribution in [-0.4, -0.2) is 64.7 Å². The van der Waals surface area contributed by atoms with Crippen LogP contribution in [0.3, 0.4) is 0 Å². The molecule has 0 aliphatic carbocycles. The topological polar surface area (TPSA) is 182 Å². The summed E-state index contributed by atoms with van der Waals surface area (Å²) in [7, 11) is -4.71. The van der Waals surface area contributed by atoms with Crippen LogP contribution < -0.4 is 16.4 Å². The number of hydrogen-bond donors (Lipinski definition) is 5. The second-order valence-corrected chi connectivity index (χ2v) is 7.70. The largest absolute Gasteiger partial charge is 0.370 e. The molecule has 25 heavy (non-hydrogen) atoms. The molecule has 2 aliphatic heterocycles. The van der Waals surface area contributed by atoms with Crippen molar-refractivity contribution in [2.45, 2.75) is 12.6 Å². The molecule has 3 heterocycles. The first kappa shape index (κ1) is 17.4. The predicted molar refractivity (Wildman–Crippen MR) is 86.3 cm³/mol. The quantitative estimate of drug-likeness (QED) is 0.174. The summed E-state index contributed by atoms with van der Waals surface area (Å²) in [5, 5.41) is 12.3. The molecule has 1 aromatic rings. The van der Waals surface area contributed by atoms with E-state index in [1.807, 2.05) is 0 Å². The van der Waals surface area contributed by atoms with E-state index in [9.17, 15) is 22.6 Å². The molecular weight excluding hydrogens is 374 g/mol. The van der Waals surface area contributed by atoms with Gasteiger partial charge >= 0.3 is 16.3 Å². The molecule has 1 atom stereocenters. The van der Waals surface area contributed by atoms with Gasteiger partial charge in [0.1, 0.15) is 6.04 Å². The number of rotatable bonds is 5. The highest BCUT2D eigenvalue weighted by Crippen LogP contribution is 2.41. The van der Waals surface area contributed by atoms with Gasteiger partial charge in [0.2, 0.25) is 0 Å². The number of amides is 3. The Bertz CT molecular complexity index is 851. The van der Waals surface area contributed by atoms with Crippen molar-refractivity contribution in [2.24, 2.45) is 5.73 Å². The first-order valence-electron chi connectivity index (χ1n) is 7.10. The van der Waals surface area contributed by atoms with Gasteiger partial charge in [-0.15, -0.1) is 11.3 Å². The summed E-state index contributed by atoms with van der Waals surface area (Å²) in [4.78, 5) is 30.0. The minimum Gasteiger partial charge on any atom is -0.370 e. The average Bonchev–Trinajstić information content (AvgIpc) is 3.04. The number of aromatic nitrogens is 1. The molecule has 0 saturated carbocycles. The molecule has 136 valence electrons. The zero-order chi connectivity index (χ0) is 18.4. The Labute approximate surface area is 146 Å². The Balaban J connectivity index is 1.76. The number of nitrogens with two attached hydrogens (primary N) is 1. The molecule has 1 fully saturated rings. The van der Waals surface area contributed by atoms with Crippen LogP contribution in [0.25, 0.3) is 0 Å². The fourth-order valence-electron chi connectivity index (χ4n) is 2.68. The van der Waals surface area contributed by atoms with Crippen molar-refractivity contribution < 1.29 is 22.6 Å². The number of thiazole rings is 1. The standard InChI is InChI=1S/C11H15N7O5S2/c12-10(13)15-2-1-14-8(19)9-16-5-3-17-4-6(7(5)24-9)18(11(17)20)25(21,22)23/h6H,1-4H2,(H,14,19)(H4,12,13,15)(H,21,22,23). The number of nitrogens with zero attached hydrogens (tertiary/aromatic N) is 3. The zero-order valence-electron chi connectivity index (χ0n) is 12.7. The molecule has 0 radical (unpaired) electrons. The molecule has 6 N–H and O–H groups in total. The minimum atomic E-state index is -4.71. The Morgan fingerprint density at radius 1 is 1.44 bits per heavy atom. The maximum atomic E-state index is 12.1. The molecule has 1 aromatic heterocycles. The van der Waals surface area contributed by atoms with Gasteiger partial charge in [-0.05, 0) is 0 Å². The lowest BCUT2D eigenvalue weighted by Gasteiger charge is -2.20. The highest BCUT2D eigenvalue weighted by Gasteiger charge is 2.50. The second-order valence-electron chi connectivity index (χ2n) is 5.38. The third-order valence-corrected chi connectivity index (χ3v) is 5.78. The van der Waals surface area contributed by atoms with Crippen molar-refractivity contribution in [1.82, 2.24) is 24.8 Å². The Morgan fingerprint density at radius 2 is 2.12 bits per heavy atom. The van der Waals surface area contributed by atoms with Crippen LogP contribution in [0.4, 0.5) is 4.79 Å². The predicted octanol–water partition coefficient (Wildman–Crippen LogP) is -1.55. The highest BCUT2D eigenvalue weighted by molar-refractivity contribution is 7.84. The summed E-state index contributed by atoms with van der Waals surface area (Å²) in [5.41, 5.74) is 5.56. The Hall–Kier alpha value is -2.45. The lowest BCUT2D eigenvalue weighted by atomic mass is 10.1. The third kappa shape index (κ3) is 3.22. The minimum absolute atomic E-state index is 0.0758. The molecule has 2 aliphatic rings. The van der Waals surface area contributed by atoms with Crippen LogP contribution in [0, 0.1) is 5.41 Å². The third-order valence-electron chi connectivity index (χ3n) is 3.68. The first-order valence-corrected chi connectivity index (χ1v) is 9.31. The van der Waals surface area contributed by atoms with Crippen molar-refractivity contribution in [3.8, 4) is 0 Å². The lowest BCUT2D eigenvalue weighted by Crippen LogP contribution is -2.37. The summed E-state index contributed by atoms with van der Waals surface area (Å²) in [6, 6.07) is -1.69. The number of carbonyl (C=O) groups excluding carboxylic acids is 2. The average molecular weight is 389 g/mol. The van der Waals surface area contributed by atoms with Gasteiger partial charge in [0.15, 0.2) is 11.0 Å². The van der Waals surface area contributed by atoms with Crippen LogP contribution in [0.5, 0.6) is 0 Å². The van der Waals surface area contributed by atoms with E-state index < -0.39 is 28.3 Å². The number of guanidine groups is 1. The summed E-state index contributed by atoms with van der Waals surface area (Å²) in [6.45, 7) is 0.672. The van der Waals surface area contributed by atoms with E-state index in [0.717, 1.165) is 11.3 Å². The number of carbonyl (C=O) groups is 2. The maximum Gasteiger partial charge on any atom is 0.364 e. The van der Waals surface area contributed by atoms with Gasteiger partial charge in [-0.2, -0.15) is 12.7 Å². The molecule has 1 saturated heterocycles. The fraction of sp³-hybridized carbons (Fsp3) is 0.455. The molecule has 14 heteroatoms. The molecule has 3 amide bonds. The molecular formula is C11H15N7O5S2. The van der Waals surface area contributed by atoms with Gasteiger partial charge in [-0.25, -0.2) is 9.78 Å². The van der Waals surface area contributed by atoms with Crippen LogP contribution in [-0.2, 0) is 16.8 Å². The van der Waals surface area contributed by atoms with Crippen molar-refractivity contribution in [3.63, 3.8) is 0 Å². The number of fused-ring (bicyclic) bond motifs is 4. The van der Waals surface area contributed by atoms with Gasteiger partial charge in [0.05, 0.1) is 17.1 Å². The van der Waals surface area contributed by atoms with Crippen molar-refractivity contribution in [1.29, 1.82) is 5.41 Å². The number of hydrogen-bond acceptors (Lipinski definition) is 7. The smallest absolute Gasteiger partial charge is 0.364 e. The summed E-state index contributed by atoms with van der Waals surface area (Å²) >= 11 is 0.982. The molecule has 12 nitrogen and oxygen atoms in total. The SMILES string of the molecule is N=C(N)NCCNC(=O)c1nc2c(s1)C1CN(C2)C(=O)N1S(=O)(=O)O. The van der Waals surface area contributed by atoms with E-state index in [4.69, 9.17) is 11.1 Å². The zero-order valence-corrected chi connectivity index (χ0v) is 14.4. The fourth-order valence-corrected chi connectivity index (χ4v) is 4.62. The van der Waals surface area contributed by atoms with E-state index in [1.54, 1.807) is 0 Å². The van der Waals surface area contributed by atoms with E-state index in [2.05, 4.69) is 15.6 Å². The molecule has 2 bridgehead atoms. The van der Waals surface area contributed by atoms with Crippen molar-refractivity contribution in [3.05, 3.63) is 15.6 Å². The molecule has 0 spiro atoms. The van der Waals surface area contributed by atoms with Gasteiger partial charge in [-0.3, -0.25) is 14.8 Å². The van der Waals surface area contributed by atoms with Crippen LogP contribution in [0.2, 0.25) is 0 Å². The highest BCUT2D eigenvalue weighted by atomic mass is 32.2. The van der Waals surface area contributed by atoms with Crippen LogP contribution >= 0.6 is 11.3 Å². The van der Waals surface area contributed by atoms with Crippen molar-refractivity contribution >= 4 is 39.5 Å². The molecule has 1 unspecified atom stereocenters. The van der Waals surface area contributed by atoms with Crippen LogP contribution in [0.15, 0.2) is 0 Å². The Kier molecular flexibility index (Phi) is 4.26. The van der Waals surface area contributed by atoms with E-state index in [-0.39, 0.29) is 37.1 Å². The second kappa shape index (κ2) is 6.12. The maximum absolute atomic E-state index is 12.1. The molecule has 0 aromatic carbocycles. The van der Waals surface area contributed by atoms with Gasteiger partial charge in [0.25, 0.3) is 5.91 Å². The summed E-state index contributed by atoms with van der Waals surface area (Å²) in [5.74, 6) is -0.667. The monoisotopic (exact) mass is 389 g/mol. The van der Waals surface area contributed by atoms with Crippen LogP contribution in [0.1, 0.15) is 26.4 Å². The Morgan fingerprint density at radius 3 is 2.76 bits per heavy atom. The number of urea groups is 1. The summed E-state index contributed by atoms with van der Waals surface area (Å²) < 4.78 is 32.6. The first-order chi connectivity index (χ1) is 11.7. The van der Waals surface area contributed by atoms with E-state index in [0.29, 0.717) is 14.9 Å². The van der Waals surface area contributed by atoms with E-state index >= 15 is 0 Å². The van der Waals surface area contributed by atoms with Gasteiger partial charge in [0, 0.05) is 19.6 Å². The normalized spacial score (nSPS) is 18.9. The lowest BCUT2D eigenvalue weighted by molar-refractivity contribution is 0.0953. The number of nitrogens with one attached hydrogen (secondary N) is 3. The van der Waals surface area contributed by atoms with E-state index in [1.165, 1.54) is 4.90 Å². The van der Waals surface area contributed by atoms with Gasteiger partial charge in [-0.1, -0.05) is 0 Å².